The highest BCUT2D eigenvalue weighted by Gasteiger charge is 2.68. The number of nitrogens with zero attached hydrogens (tertiary/aromatic N) is 1. The molecule has 0 aromatic heterocycles. The molecule has 1 fully saturated rings. The molecular formula is C16H19F7NO7S-. The van der Waals surface area contributed by atoms with E-state index in [1.54, 1.807) is 0 Å². The van der Waals surface area contributed by atoms with Gasteiger partial charge in [-0.15, -0.1) is 0 Å². The first kappa shape index (κ1) is 28.1. The van der Waals surface area contributed by atoms with E-state index in [0.29, 0.717) is 11.3 Å². The third kappa shape index (κ3) is 5.70. The molecular weight excluding hydrogens is 483 g/mol. The largest absolute Gasteiger partial charge is 0.743 e. The normalized spacial score (nSPS) is 18.1. The van der Waals surface area contributed by atoms with Crippen LogP contribution in [-0.4, -0.2) is 72.6 Å². The Morgan fingerprint density at radius 2 is 1.53 bits per heavy atom. The fourth-order valence-corrected chi connectivity index (χ4v) is 3.04. The van der Waals surface area contributed by atoms with Crippen LogP contribution in [0.3, 0.4) is 0 Å². The molecule has 32 heavy (non-hydrogen) atoms. The van der Waals surface area contributed by atoms with E-state index in [9.17, 15) is 53.3 Å². The van der Waals surface area contributed by atoms with Gasteiger partial charge in [0.25, 0.3) is 0 Å². The van der Waals surface area contributed by atoms with E-state index in [0.717, 1.165) is 6.92 Å². The first-order valence-corrected chi connectivity index (χ1v) is 10.3. The number of amides is 1. The minimum absolute atomic E-state index is 0.229. The van der Waals surface area contributed by atoms with Crippen LogP contribution in [0.4, 0.5) is 30.7 Å². The molecule has 0 aliphatic carbocycles. The summed E-state index contributed by atoms with van der Waals surface area (Å²) in [7, 11) is -6.90. The van der Waals surface area contributed by atoms with E-state index in [4.69, 9.17) is 0 Å². The molecule has 1 aliphatic heterocycles. The highest BCUT2D eigenvalue weighted by molar-refractivity contribution is 7.86. The van der Waals surface area contributed by atoms with Crippen LogP contribution in [0.25, 0.3) is 0 Å². The lowest BCUT2D eigenvalue weighted by molar-refractivity contribution is -0.353. The molecule has 1 rings (SSSR count). The quantitative estimate of drug-likeness (QED) is 0.157. The van der Waals surface area contributed by atoms with Crippen LogP contribution in [-0.2, 0) is 29.2 Å². The summed E-state index contributed by atoms with van der Waals surface area (Å²) in [4.78, 5) is 25.0. The molecule has 186 valence electrons. The Hall–Kier alpha value is -1.94. The average molecular weight is 502 g/mol. The van der Waals surface area contributed by atoms with Gasteiger partial charge in [-0.25, -0.2) is 13.2 Å². The van der Waals surface area contributed by atoms with Gasteiger partial charge in [0.2, 0.25) is 0 Å². The number of hydrogen-bond donors (Lipinski definition) is 0. The Bertz CT molecular complexity index is 838. The minimum atomic E-state index is -6.90. The summed E-state index contributed by atoms with van der Waals surface area (Å²) in [6.45, 7) is 1.44. The van der Waals surface area contributed by atoms with Crippen molar-refractivity contribution in [1.29, 1.82) is 0 Å². The van der Waals surface area contributed by atoms with Gasteiger partial charge in [0.1, 0.15) is 0 Å². The van der Waals surface area contributed by atoms with Gasteiger partial charge in [0, 0.05) is 25.1 Å². The molecule has 1 heterocycles. The fourth-order valence-electron chi connectivity index (χ4n) is 2.57. The van der Waals surface area contributed by atoms with Crippen LogP contribution in [0.5, 0.6) is 0 Å². The number of alkyl halides is 7. The van der Waals surface area contributed by atoms with Crippen LogP contribution < -0.4 is 0 Å². The molecule has 0 saturated carbocycles. The van der Waals surface area contributed by atoms with Crippen molar-refractivity contribution >= 4 is 22.0 Å². The number of rotatable bonds is 9. The van der Waals surface area contributed by atoms with E-state index in [1.165, 1.54) is 0 Å². The number of carbonyl (C=O) groups is 2. The first-order chi connectivity index (χ1) is 14.3. The van der Waals surface area contributed by atoms with Crippen molar-refractivity contribution in [3.8, 4) is 0 Å². The van der Waals surface area contributed by atoms with Gasteiger partial charge < -0.3 is 18.9 Å². The molecule has 0 bridgehead atoms. The summed E-state index contributed by atoms with van der Waals surface area (Å²) in [5, 5.41) is -6.19. The van der Waals surface area contributed by atoms with Crippen molar-refractivity contribution in [1.82, 2.24) is 4.90 Å². The second-order valence-corrected chi connectivity index (χ2v) is 8.33. The molecule has 0 aromatic carbocycles. The second-order valence-electron chi connectivity index (χ2n) is 6.91. The lowest BCUT2D eigenvalue weighted by Crippen LogP contribution is -2.63. The van der Waals surface area contributed by atoms with Gasteiger partial charge in [-0.1, -0.05) is 6.58 Å². The van der Waals surface area contributed by atoms with Gasteiger partial charge in [-0.05, 0) is 26.2 Å². The van der Waals surface area contributed by atoms with E-state index in [1.807, 2.05) is 0 Å². The van der Waals surface area contributed by atoms with Gasteiger partial charge >= 0.3 is 35.0 Å². The maximum Gasteiger partial charge on any atom is 0.466 e. The summed E-state index contributed by atoms with van der Waals surface area (Å²) >= 11 is 0. The molecule has 1 saturated heterocycles. The van der Waals surface area contributed by atoms with Crippen molar-refractivity contribution in [3.05, 3.63) is 12.2 Å². The predicted molar refractivity (Wildman–Crippen MR) is 90.3 cm³/mol. The molecule has 0 N–H and O–H groups in total. The molecule has 1 atom stereocenters. The zero-order valence-corrected chi connectivity index (χ0v) is 17.3. The summed E-state index contributed by atoms with van der Waals surface area (Å²) in [6.07, 6.45) is -7.22. The number of hydrogen-bond acceptors (Lipinski definition) is 7. The zero-order valence-electron chi connectivity index (χ0n) is 16.5. The molecule has 16 heteroatoms. The third-order valence-corrected chi connectivity index (χ3v) is 5.27. The van der Waals surface area contributed by atoms with Crippen molar-refractivity contribution in [2.24, 2.45) is 0 Å². The van der Waals surface area contributed by atoms with Crippen LogP contribution in [0.1, 0.15) is 32.6 Å². The third-order valence-electron chi connectivity index (χ3n) is 4.34. The van der Waals surface area contributed by atoms with Crippen molar-refractivity contribution < 1.29 is 62.8 Å². The molecule has 1 aliphatic rings. The maximum atomic E-state index is 13.9. The van der Waals surface area contributed by atoms with Crippen molar-refractivity contribution in [2.75, 3.05) is 19.7 Å². The molecule has 0 radical (unpaired) electrons. The molecule has 0 aromatic rings. The van der Waals surface area contributed by atoms with Crippen molar-refractivity contribution in [3.63, 3.8) is 0 Å². The molecule has 1 unspecified atom stereocenters. The predicted octanol–water partition coefficient (Wildman–Crippen LogP) is 2.56. The first-order valence-electron chi connectivity index (χ1n) is 8.90. The molecule has 0 spiro atoms. The van der Waals surface area contributed by atoms with Gasteiger partial charge in [-0.2, -0.15) is 30.7 Å². The highest BCUT2D eigenvalue weighted by Crippen LogP contribution is 2.42. The van der Waals surface area contributed by atoms with E-state index in [2.05, 4.69) is 16.1 Å². The van der Waals surface area contributed by atoms with Crippen LogP contribution in [0, 0.1) is 0 Å². The number of halogens is 7. The fraction of sp³-hybridized carbons (Fsp3) is 0.750. The maximum absolute atomic E-state index is 13.9. The standard InChI is InChI=1S/C16H20F7NO7S/c1-10(2)11(25)31-14(15(19,20)21,12(26)24-7-4-3-5-8-24)30-9-6-13(17,18)16(22,23)32(27,28)29/h1,3-9H2,2H3,(H,27,28,29)/p-1. The van der Waals surface area contributed by atoms with Crippen LogP contribution in [0.15, 0.2) is 12.2 Å². The molecule has 8 nitrogen and oxygen atoms in total. The topological polar surface area (TPSA) is 113 Å². The Kier molecular flexibility index (Phi) is 8.35. The summed E-state index contributed by atoms with van der Waals surface area (Å²) in [5.74, 6) is -14.0. The number of esters is 1. The van der Waals surface area contributed by atoms with Gasteiger partial charge in [0.15, 0.2) is 10.1 Å². The Morgan fingerprint density at radius 3 is 1.94 bits per heavy atom. The highest BCUT2D eigenvalue weighted by atomic mass is 32.2. The smallest absolute Gasteiger partial charge is 0.466 e. The van der Waals surface area contributed by atoms with Gasteiger partial charge in [-0.3, -0.25) is 4.79 Å². The van der Waals surface area contributed by atoms with Crippen molar-refractivity contribution in [2.45, 2.75) is 55.7 Å². The van der Waals surface area contributed by atoms with Gasteiger partial charge in [0.05, 0.1) is 6.61 Å². The minimum Gasteiger partial charge on any atom is -0.743 e. The Balaban J connectivity index is 3.31. The molecule has 1 amide bonds. The summed E-state index contributed by atoms with van der Waals surface area (Å²) in [6, 6.07) is 0. The number of piperidine rings is 1. The van der Waals surface area contributed by atoms with Crippen LogP contribution in [0.2, 0.25) is 0 Å². The van der Waals surface area contributed by atoms with Crippen LogP contribution >= 0.6 is 0 Å². The second kappa shape index (κ2) is 9.51. The summed E-state index contributed by atoms with van der Waals surface area (Å²) < 4.78 is 135. The lowest BCUT2D eigenvalue weighted by Gasteiger charge is -2.38. The number of likely N-dealkylation sites (tertiary alicyclic amines) is 1. The zero-order chi connectivity index (χ0) is 25.2. The number of carbonyl (C=O) groups excluding carboxylic acids is 2. The SMILES string of the molecule is C=C(C)C(=O)OC(OCCC(F)(F)C(F)(F)S(=O)(=O)[O-])(C(=O)N1CCCCC1)C(F)(F)F. The summed E-state index contributed by atoms with van der Waals surface area (Å²) in [5.41, 5.74) is -0.636. The Morgan fingerprint density at radius 1 is 1.03 bits per heavy atom. The Labute approximate surface area is 178 Å². The van der Waals surface area contributed by atoms with E-state index < -0.39 is 63.7 Å². The van der Waals surface area contributed by atoms with E-state index >= 15 is 0 Å². The van der Waals surface area contributed by atoms with E-state index in [-0.39, 0.29) is 25.9 Å². The number of ether oxygens (including phenoxy) is 2. The lowest BCUT2D eigenvalue weighted by atomic mass is 10.1. The average Bonchev–Trinajstić information content (AvgIpc) is 2.64. The monoisotopic (exact) mass is 502 g/mol.